The third-order valence-electron chi connectivity index (χ3n) is 2.29. The number of para-hydroxylation sites is 2. The molecule has 4 N–H and O–H groups in total. The molecule has 2 rings (SSSR count). The standard InChI is InChI=1S/C10H13N3/c1-2-7(11)10-12-8-5-3-4-6-9(8)13-10/h3-7H,2,11H2,1H3,(H,12,13)/p+1/t7-/m1/s1. The van der Waals surface area contributed by atoms with E-state index in [9.17, 15) is 0 Å². The van der Waals surface area contributed by atoms with Crippen molar-refractivity contribution >= 4 is 11.0 Å². The second-order valence-electron chi connectivity index (χ2n) is 3.24. The summed E-state index contributed by atoms with van der Waals surface area (Å²) in [5.41, 5.74) is 6.15. The minimum atomic E-state index is 0.271. The number of rotatable bonds is 2. The van der Waals surface area contributed by atoms with Crippen molar-refractivity contribution in [1.82, 2.24) is 9.97 Å². The highest BCUT2D eigenvalue weighted by atomic mass is 15.0. The largest absolute Gasteiger partial charge is 0.349 e. The van der Waals surface area contributed by atoms with E-state index < -0.39 is 0 Å². The average Bonchev–Trinajstić information content (AvgIpc) is 2.59. The van der Waals surface area contributed by atoms with Gasteiger partial charge in [0.05, 0.1) is 11.0 Å². The molecule has 2 aromatic rings. The molecule has 1 aromatic carbocycles. The fourth-order valence-electron chi connectivity index (χ4n) is 1.36. The summed E-state index contributed by atoms with van der Waals surface area (Å²) in [6, 6.07) is 8.32. The highest BCUT2D eigenvalue weighted by Crippen LogP contribution is 2.14. The maximum absolute atomic E-state index is 4.47. The van der Waals surface area contributed by atoms with Gasteiger partial charge in [0.25, 0.3) is 0 Å². The Morgan fingerprint density at radius 1 is 1.46 bits per heavy atom. The van der Waals surface area contributed by atoms with Crippen molar-refractivity contribution in [1.29, 1.82) is 0 Å². The summed E-state index contributed by atoms with van der Waals surface area (Å²) < 4.78 is 0. The Kier molecular flexibility index (Phi) is 2.02. The van der Waals surface area contributed by atoms with Gasteiger partial charge >= 0.3 is 0 Å². The maximum atomic E-state index is 4.47. The summed E-state index contributed by atoms with van der Waals surface area (Å²) in [6.07, 6.45) is 1.01. The van der Waals surface area contributed by atoms with Gasteiger partial charge < -0.3 is 10.7 Å². The fraction of sp³-hybridized carbons (Fsp3) is 0.300. The molecule has 0 bridgehead atoms. The molecule has 13 heavy (non-hydrogen) atoms. The molecular weight excluding hydrogens is 162 g/mol. The van der Waals surface area contributed by atoms with Crippen molar-refractivity contribution in [2.75, 3.05) is 0 Å². The lowest BCUT2D eigenvalue weighted by molar-refractivity contribution is -0.429. The molecule has 0 fully saturated rings. The van der Waals surface area contributed by atoms with Gasteiger partial charge in [0, 0.05) is 6.42 Å². The second kappa shape index (κ2) is 3.18. The predicted molar refractivity (Wildman–Crippen MR) is 52.0 cm³/mol. The molecule has 0 unspecified atom stereocenters. The third-order valence-corrected chi connectivity index (χ3v) is 2.29. The molecular formula is C10H14N3+. The number of hydrogen-bond acceptors (Lipinski definition) is 1. The number of nitrogens with one attached hydrogen (secondary N) is 1. The van der Waals surface area contributed by atoms with Crippen LogP contribution in [0.5, 0.6) is 0 Å². The van der Waals surface area contributed by atoms with Gasteiger partial charge in [-0.05, 0) is 12.1 Å². The van der Waals surface area contributed by atoms with E-state index in [4.69, 9.17) is 0 Å². The van der Waals surface area contributed by atoms with Crippen LogP contribution in [0.4, 0.5) is 0 Å². The van der Waals surface area contributed by atoms with Crippen LogP contribution >= 0.6 is 0 Å². The molecule has 0 spiro atoms. The monoisotopic (exact) mass is 176 g/mol. The van der Waals surface area contributed by atoms with Gasteiger partial charge in [0.2, 0.25) is 0 Å². The first-order valence-corrected chi connectivity index (χ1v) is 4.59. The van der Waals surface area contributed by atoms with E-state index in [0.717, 1.165) is 23.3 Å². The second-order valence-corrected chi connectivity index (χ2v) is 3.24. The van der Waals surface area contributed by atoms with Gasteiger partial charge in [0.1, 0.15) is 6.04 Å². The molecule has 0 aliphatic rings. The van der Waals surface area contributed by atoms with Crippen LogP contribution in [-0.2, 0) is 0 Å². The van der Waals surface area contributed by atoms with Gasteiger partial charge in [-0.2, -0.15) is 0 Å². The van der Waals surface area contributed by atoms with Crippen LogP contribution in [0.3, 0.4) is 0 Å². The van der Waals surface area contributed by atoms with Crippen LogP contribution in [0, 0.1) is 0 Å². The van der Waals surface area contributed by atoms with Crippen molar-refractivity contribution in [3.8, 4) is 0 Å². The number of hydrogen-bond donors (Lipinski definition) is 2. The highest BCUT2D eigenvalue weighted by Gasteiger charge is 2.11. The third kappa shape index (κ3) is 1.42. The first-order chi connectivity index (χ1) is 6.31. The molecule has 1 atom stereocenters. The number of H-pyrrole nitrogens is 1. The Bertz CT molecular complexity index is 372. The van der Waals surface area contributed by atoms with Crippen LogP contribution in [0.15, 0.2) is 24.3 Å². The zero-order valence-electron chi connectivity index (χ0n) is 7.75. The Morgan fingerprint density at radius 2 is 2.23 bits per heavy atom. The molecule has 1 aromatic heterocycles. The molecule has 3 heteroatoms. The van der Waals surface area contributed by atoms with E-state index in [1.54, 1.807) is 0 Å². The summed E-state index contributed by atoms with van der Waals surface area (Å²) >= 11 is 0. The summed E-state index contributed by atoms with van der Waals surface area (Å²) in [7, 11) is 0. The molecule has 0 aliphatic heterocycles. The number of imidazole rings is 1. The minimum Gasteiger partial charge on any atom is -0.349 e. The number of aromatic nitrogens is 2. The zero-order valence-corrected chi connectivity index (χ0v) is 7.75. The molecule has 0 amide bonds. The normalized spacial score (nSPS) is 13.4. The Balaban J connectivity index is 2.49. The molecule has 1 heterocycles. The summed E-state index contributed by atoms with van der Waals surface area (Å²) in [4.78, 5) is 7.74. The van der Waals surface area contributed by atoms with Gasteiger partial charge in [-0.3, -0.25) is 0 Å². The molecule has 3 nitrogen and oxygen atoms in total. The quantitative estimate of drug-likeness (QED) is 0.711. The Hall–Kier alpha value is -1.35. The van der Waals surface area contributed by atoms with Gasteiger partial charge in [-0.1, -0.05) is 19.1 Å². The molecule has 68 valence electrons. The van der Waals surface area contributed by atoms with Crippen molar-refractivity contribution < 1.29 is 5.73 Å². The van der Waals surface area contributed by atoms with E-state index >= 15 is 0 Å². The Labute approximate surface area is 77.0 Å². The van der Waals surface area contributed by atoms with Crippen LogP contribution in [-0.4, -0.2) is 9.97 Å². The van der Waals surface area contributed by atoms with Crippen molar-refractivity contribution in [2.45, 2.75) is 19.4 Å². The lowest BCUT2D eigenvalue weighted by Crippen LogP contribution is -2.53. The van der Waals surface area contributed by atoms with E-state index in [2.05, 4.69) is 22.6 Å². The van der Waals surface area contributed by atoms with Crippen molar-refractivity contribution in [3.63, 3.8) is 0 Å². The first kappa shape index (κ1) is 8.26. The maximum Gasteiger partial charge on any atom is 0.165 e. The SMILES string of the molecule is CC[C@@H]([NH3+])c1nc2ccccc2[nH]1. The molecule has 0 saturated carbocycles. The van der Waals surface area contributed by atoms with Crippen LogP contribution in [0.2, 0.25) is 0 Å². The lowest BCUT2D eigenvalue weighted by Gasteiger charge is -1.98. The van der Waals surface area contributed by atoms with Gasteiger partial charge in [0.15, 0.2) is 5.82 Å². The van der Waals surface area contributed by atoms with E-state index in [0.29, 0.717) is 0 Å². The van der Waals surface area contributed by atoms with Crippen LogP contribution < -0.4 is 5.73 Å². The van der Waals surface area contributed by atoms with Crippen molar-refractivity contribution in [2.24, 2.45) is 0 Å². The number of fused-ring (bicyclic) bond motifs is 1. The van der Waals surface area contributed by atoms with Gasteiger partial charge in [-0.25, -0.2) is 4.98 Å². The van der Waals surface area contributed by atoms with E-state index in [-0.39, 0.29) is 6.04 Å². The highest BCUT2D eigenvalue weighted by molar-refractivity contribution is 5.74. The molecule has 0 radical (unpaired) electrons. The van der Waals surface area contributed by atoms with Crippen LogP contribution in [0.25, 0.3) is 11.0 Å². The fourth-order valence-corrected chi connectivity index (χ4v) is 1.36. The summed E-state index contributed by atoms with van der Waals surface area (Å²) in [5, 5.41) is 0. The number of benzene rings is 1. The predicted octanol–water partition coefficient (Wildman–Crippen LogP) is 1.26. The molecule has 0 aliphatic carbocycles. The first-order valence-electron chi connectivity index (χ1n) is 4.59. The smallest absolute Gasteiger partial charge is 0.165 e. The van der Waals surface area contributed by atoms with Gasteiger partial charge in [-0.15, -0.1) is 0 Å². The zero-order chi connectivity index (χ0) is 9.26. The average molecular weight is 176 g/mol. The Morgan fingerprint density at radius 3 is 2.92 bits per heavy atom. The minimum absolute atomic E-state index is 0.271. The number of quaternary nitrogens is 1. The van der Waals surface area contributed by atoms with E-state index in [1.807, 2.05) is 24.3 Å². The lowest BCUT2D eigenvalue weighted by atomic mass is 10.2. The topological polar surface area (TPSA) is 56.3 Å². The summed E-state index contributed by atoms with van der Waals surface area (Å²) in [5.74, 6) is 0.990. The summed E-state index contributed by atoms with van der Waals surface area (Å²) in [6.45, 7) is 2.12. The van der Waals surface area contributed by atoms with Crippen molar-refractivity contribution in [3.05, 3.63) is 30.1 Å². The molecule has 0 saturated heterocycles. The number of nitrogens with zero attached hydrogens (tertiary/aromatic N) is 1. The number of aromatic amines is 1. The van der Waals surface area contributed by atoms with E-state index in [1.165, 1.54) is 0 Å². The van der Waals surface area contributed by atoms with Crippen LogP contribution in [0.1, 0.15) is 25.2 Å².